The van der Waals surface area contributed by atoms with Gasteiger partial charge in [0.25, 0.3) is 11.7 Å². The number of carbonyl (C=O) groups is 2. The minimum atomic E-state index is -2.68. The summed E-state index contributed by atoms with van der Waals surface area (Å²) in [7, 11) is 0. The zero-order valence-corrected chi connectivity index (χ0v) is 12.4. The lowest BCUT2D eigenvalue weighted by atomic mass is 10.2. The molecule has 6 nitrogen and oxygen atoms in total. The lowest BCUT2D eigenvalue weighted by Crippen LogP contribution is -2.19. The molecular formula is C14H12F2N4O2S. The van der Waals surface area contributed by atoms with Gasteiger partial charge in [-0.05, 0) is 42.1 Å². The van der Waals surface area contributed by atoms with Gasteiger partial charge in [0.2, 0.25) is 0 Å². The average Bonchev–Trinajstić information content (AvgIpc) is 2.46. The number of nitrogens with one attached hydrogen (secondary N) is 2. The van der Waals surface area contributed by atoms with Gasteiger partial charge < -0.3 is 16.4 Å². The summed E-state index contributed by atoms with van der Waals surface area (Å²) >= 11 is 0.197. The van der Waals surface area contributed by atoms with Crippen LogP contribution < -0.4 is 16.4 Å². The Kier molecular flexibility index (Phi) is 5.47. The largest absolute Gasteiger partial charge is 0.351 e. The van der Waals surface area contributed by atoms with E-state index in [1.807, 2.05) is 0 Å². The number of thioether (sulfide) groups is 1. The summed E-state index contributed by atoms with van der Waals surface area (Å²) in [6.07, 6.45) is 1.33. The quantitative estimate of drug-likeness (QED) is 0.730. The van der Waals surface area contributed by atoms with Gasteiger partial charge in [-0.25, -0.2) is 9.78 Å². The van der Waals surface area contributed by atoms with Crippen LogP contribution in [-0.2, 0) is 0 Å². The number of amides is 3. The summed E-state index contributed by atoms with van der Waals surface area (Å²) in [4.78, 5) is 26.8. The van der Waals surface area contributed by atoms with E-state index >= 15 is 0 Å². The van der Waals surface area contributed by atoms with Crippen LogP contribution in [0.1, 0.15) is 10.4 Å². The molecule has 0 aliphatic heterocycles. The van der Waals surface area contributed by atoms with Crippen LogP contribution in [0.3, 0.4) is 0 Å². The molecule has 2 aromatic rings. The van der Waals surface area contributed by atoms with Crippen LogP contribution in [0, 0.1) is 0 Å². The van der Waals surface area contributed by atoms with Gasteiger partial charge in [0.1, 0.15) is 5.03 Å². The third-order valence-electron chi connectivity index (χ3n) is 2.60. The zero-order valence-electron chi connectivity index (χ0n) is 11.6. The van der Waals surface area contributed by atoms with Crippen LogP contribution in [0.2, 0.25) is 0 Å². The van der Waals surface area contributed by atoms with Crippen molar-refractivity contribution in [2.24, 2.45) is 5.73 Å². The van der Waals surface area contributed by atoms with Crippen LogP contribution in [0.15, 0.2) is 47.6 Å². The molecule has 0 saturated heterocycles. The van der Waals surface area contributed by atoms with Crippen LogP contribution >= 0.6 is 11.8 Å². The van der Waals surface area contributed by atoms with Gasteiger partial charge >= 0.3 is 6.03 Å². The highest BCUT2D eigenvalue weighted by atomic mass is 32.2. The molecule has 3 amide bonds. The normalized spacial score (nSPS) is 10.4. The molecule has 0 saturated carbocycles. The van der Waals surface area contributed by atoms with Crippen molar-refractivity contribution in [3.05, 3.63) is 48.2 Å². The Morgan fingerprint density at radius 2 is 1.83 bits per heavy atom. The first kappa shape index (κ1) is 16.7. The van der Waals surface area contributed by atoms with E-state index in [0.29, 0.717) is 11.4 Å². The molecule has 0 radical (unpaired) electrons. The van der Waals surface area contributed by atoms with Gasteiger partial charge in [0.05, 0.1) is 5.56 Å². The molecule has 0 aliphatic rings. The molecule has 23 heavy (non-hydrogen) atoms. The monoisotopic (exact) mass is 338 g/mol. The molecule has 1 aromatic carbocycles. The van der Waals surface area contributed by atoms with Gasteiger partial charge in [0.15, 0.2) is 0 Å². The molecule has 0 aliphatic carbocycles. The first-order valence-corrected chi connectivity index (χ1v) is 7.21. The number of nitrogens with zero attached hydrogens (tertiary/aromatic N) is 1. The number of primary amides is 1. The molecule has 0 atom stereocenters. The molecule has 0 fully saturated rings. The van der Waals surface area contributed by atoms with Gasteiger partial charge in [-0.2, -0.15) is 8.78 Å². The fourth-order valence-corrected chi connectivity index (χ4v) is 2.34. The molecule has 9 heteroatoms. The zero-order chi connectivity index (χ0) is 16.8. The van der Waals surface area contributed by atoms with Crippen molar-refractivity contribution in [1.29, 1.82) is 0 Å². The van der Waals surface area contributed by atoms with Crippen molar-refractivity contribution in [3.63, 3.8) is 0 Å². The van der Waals surface area contributed by atoms with E-state index < -0.39 is 17.7 Å². The van der Waals surface area contributed by atoms with Crippen molar-refractivity contribution in [1.82, 2.24) is 4.98 Å². The van der Waals surface area contributed by atoms with Crippen LogP contribution in [0.4, 0.5) is 25.0 Å². The van der Waals surface area contributed by atoms with E-state index in [2.05, 4.69) is 15.6 Å². The molecule has 0 bridgehead atoms. The number of halogens is 2. The predicted octanol–water partition coefficient (Wildman–Crippen LogP) is 3.14. The third kappa shape index (κ3) is 4.92. The summed E-state index contributed by atoms with van der Waals surface area (Å²) < 4.78 is 25.0. The minimum absolute atomic E-state index is 0.0334. The third-order valence-corrected chi connectivity index (χ3v) is 3.33. The van der Waals surface area contributed by atoms with Crippen molar-refractivity contribution >= 4 is 35.1 Å². The molecule has 1 aromatic heterocycles. The number of hydrogen-bond acceptors (Lipinski definition) is 4. The van der Waals surface area contributed by atoms with Crippen LogP contribution in [-0.4, -0.2) is 22.7 Å². The Balaban J connectivity index is 2.18. The highest BCUT2D eigenvalue weighted by molar-refractivity contribution is 7.99. The molecule has 2 rings (SSSR count). The number of anilines is 2. The smallest absolute Gasteiger partial charge is 0.316 e. The summed E-state index contributed by atoms with van der Waals surface area (Å²) in [5.41, 5.74) is 5.81. The second-order valence-corrected chi connectivity index (χ2v) is 5.24. The number of aromatic nitrogens is 1. The maximum atomic E-state index is 12.5. The molecule has 1 heterocycles. The van der Waals surface area contributed by atoms with Crippen molar-refractivity contribution in [2.45, 2.75) is 10.8 Å². The number of urea groups is 1. The molecule has 4 N–H and O–H groups in total. The second kappa shape index (κ2) is 7.54. The van der Waals surface area contributed by atoms with E-state index in [4.69, 9.17) is 5.73 Å². The standard InChI is InChI=1S/C14H12F2N4O2S/c15-13(16)23-12-10(5-2-6-18-12)11(21)19-8-3-1-4-9(7-8)20-14(17)22/h1-7,13H,(H,19,21)(H3,17,20,22). The first-order chi connectivity index (χ1) is 11.0. The van der Waals surface area contributed by atoms with Gasteiger partial charge in [0, 0.05) is 17.6 Å². The summed E-state index contributed by atoms with van der Waals surface area (Å²) in [6, 6.07) is 8.39. The molecule has 0 unspecified atom stereocenters. The number of alkyl halides is 2. The molecular weight excluding hydrogens is 326 g/mol. The summed E-state index contributed by atoms with van der Waals surface area (Å²) in [5.74, 6) is -3.27. The van der Waals surface area contributed by atoms with E-state index in [1.54, 1.807) is 18.2 Å². The second-order valence-electron chi connectivity index (χ2n) is 4.26. The first-order valence-electron chi connectivity index (χ1n) is 6.33. The minimum Gasteiger partial charge on any atom is -0.351 e. The number of hydrogen-bond donors (Lipinski definition) is 3. The number of carbonyl (C=O) groups excluding carboxylic acids is 2. The van der Waals surface area contributed by atoms with Crippen molar-refractivity contribution < 1.29 is 18.4 Å². The van der Waals surface area contributed by atoms with Gasteiger partial charge in [-0.1, -0.05) is 6.07 Å². The average molecular weight is 338 g/mol. The number of pyridine rings is 1. The molecule has 0 spiro atoms. The summed E-state index contributed by atoms with van der Waals surface area (Å²) in [6.45, 7) is 0. The van der Waals surface area contributed by atoms with Gasteiger partial charge in [-0.15, -0.1) is 0 Å². The highest BCUT2D eigenvalue weighted by Gasteiger charge is 2.16. The SMILES string of the molecule is NC(=O)Nc1cccc(NC(=O)c2cccnc2SC(F)F)c1. The van der Waals surface area contributed by atoms with Crippen LogP contribution in [0.25, 0.3) is 0 Å². The van der Waals surface area contributed by atoms with E-state index in [9.17, 15) is 18.4 Å². The Labute approximate surface area is 134 Å². The molecule has 120 valence electrons. The Morgan fingerprint density at radius 1 is 1.13 bits per heavy atom. The number of nitrogens with two attached hydrogens (primary N) is 1. The van der Waals surface area contributed by atoms with Crippen LogP contribution in [0.5, 0.6) is 0 Å². The maximum Gasteiger partial charge on any atom is 0.316 e. The topological polar surface area (TPSA) is 97.1 Å². The maximum absolute atomic E-state index is 12.5. The van der Waals surface area contributed by atoms with E-state index in [1.165, 1.54) is 24.4 Å². The van der Waals surface area contributed by atoms with Crippen molar-refractivity contribution in [2.75, 3.05) is 10.6 Å². The lowest BCUT2D eigenvalue weighted by Gasteiger charge is -2.10. The van der Waals surface area contributed by atoms with E-state index in [-0.39, 0.29) is 22.4 Å². The van der Waals surface area contributed by atoms with E-state index in [0.717, 1.165) is 0 Å². The Hall–Kier alpha value is -2.68. The lowest BCUT2D eigenvalue weighted by molar-refractivity contribution is 0.102. The number of rotatable bonds is 5. The summed E-state index contributed by atoms with van der Waals surface area (Å²) in [5, 5.41) is 4.86. The fraction of sp³-hybridized carbons (Fsp3) is 0.0714. The predicted molar refractivity (Wildman–Crippen MR) is 83.7 cm³/mol. The van der Waals surface area contributed by atoms with Crippen molar-refractivity contribution in [3.8, 4) is 0 Å². The Bertz CT molecular complexity index is 727. The highest BCUT2D eigenvalue weighted by Crippen LogP contribution is 2.27. The fourth-order valence-electron chi connectivity index (χ4n) is 1.76. The Morgan fingerprint density at radius 3 is 2.48 bits per heavy atom. The van der Waals surface area contributed by atoms with Gasteiger partial charge in [-0.3, -0.25) is 4.79 Å². The number of benzene rings is 1.